The molecule has 7 nitrogen and oxygen atoms in total. The van der Waals surface area contributed by atoms with E-state index in [0.29, 0.717) is 13.2 Å². The molecule has 0 saturated carbocycles. The predicted octanol–water partition coefficient (Wildman–Crippen LogP) is 0.353. The van der Waals surface area contributed by atoms with Gasteiger partial charge in [-0.15, -0.1) is 0 Å². The maximum Gasteiger partial charge on any atom is 0.163 e. The van der Waals surface area contributed by atoms with Crippen molar-refractivity contribution < 1.29 is 4.74 Å². The van der Waals surface area contributed by atoms with E-state index in [1.807, 2.05) is 21.1 Å². The third-order valence-electron chi connectivity index (χ3n) is 2.75. The van der Waals surface area contributed by atoms with Crippen LogP contribution in [-0.4, -0.2) is 65.0 Å². The first kappa shape index (κ1) is 13.7. The van der Waals surface area contributed by atoms with Crippen LogP contribution in [0.25, 0.3) is 11.0 Å². The highest BCUT2D eigenvalue weighted by atomic mass is 16.5. The number of likely N-dealkylation sites (N-methyl/N-ethyl adjacent to an activating group) is 1. The van der Waals surface area contributed by atoms with Crippen molar-refractivity contribution in [2.45, 2.75) is 0 Å². The molecule has 2 aromatic rings. The second-order valence-electron chi connectivity index (χ2n) is 4.57. The minimum absolute atomic E-state index is 0.652. The first-order valence-corrected chi connectivity index (χ1v) is 6.27. The van der Waals surface area contributed by atoms with Crippen molar-refractivity contribution in [2.24, 2.45) is 7.05 Å². The summed E-state index contributed by atoms with van der Waals surface area (Å²) in [4.78, 5) is 10.5. The van der Waals surface area contributed by atoms with E-state index < -0.39 is 0 Å². The number of aromatic nitrogens is 4. The SMILES string of the molecule is CN(C)CCOCCNc1ncnc2c1cnn2C. The molecule has 0 radical (unpaired) electrons. The Morgan fingerprint density at radius 3 is 2.95 bits per heavy atom. The van der Waals surface area contributed by atoms with Crippen molar-refractivity contribution in [3.63, 3.8) is 0 Å². The highest BCUT2D eigenvalue weighted by molar-refractivity contribution is 5.85. The fraction of sp³-hybridized carbons (Fsp3) is 0.583. The minimum atomic E-state index is 0.652. The highest BCUT2D eigenvalue weighted by Gasteiger charge is 2.06. The summed E-state index contributed by atoms with van der Waals surface area (Å²) in [6.07, 6.45) is 3.31. The van der Waals surface area contributed by atoms with E-state index in [9.17, 15) is 0 Å². The average Bonchev–Trinajstić information content (AvgIpc) is 2.76. The van der Waals surface area contributed by atoms with Crippen LogP contribution in [0.5, 0.6) is 0 Å². The highest BCUT2D eigenvalue weighted by Crippen LogP contribution is 2.17. The zero-order chi connectivity index (χ0) is 13.7. The van der Waals surface area contributed by atoms with Gasteiger partial charge in [-0.3, -0.25) is 4.68 Å². The van der Waals surface area contributed by atoms with Gasteiger partial charge in [0.1, 0.15) is 12.1 Å². The van der Waals surface area contributed by atoms with Gasteiger partial charge in [0.2, 0.25) is 0 Å². The number of nitrogens with one attached hydrogen (secondary N) is 1. The number of fused-ring (bicyclic) bond motifs is 1. The van der Waals surface area contributed by atoms with E-state index in [1.165, 1.54) is 0 Å². The average molecular weight is 264 g/mol. The Morgan fingerprint density at radius 1 is 1.32 bits per heavy atom. The van der Waals surface area contributed by atoms with Crippen LogP contribution in [-0.2, 0) is 11.8 Å². The lowest BCUT2D eigenvalue weighted by Gasteiger charge is -2.10. The van der Waals surface area contributed by atoms with Gasteiger partial charge < -0.3 is 15.0 Å². The third kappa shape index (κ3) is 3.62. The normalized spacial score (nSPS) is 11.4. The van der Waals surface area contributed by atoms with Crippen LogP contribution < -0.4 is 5.32 Å². The number of aryl methyl sites for hydroxylation is 1. The van der Waals surface area contributed by atoms with Gasteiger partial charge in [-0.1, -0.05) is 0 Å². The molecule has 0 bridgehead atoms. The van der Waals surface area contributed by atoms with Gasteiger partial charge in [-0.25, -0.2) is 9.97 Å². The molecule has 0 unspecified atom stereocenters. The van der Waals surface area contributed by atoms with Crippen molar-refractivity contribution in [3.8, 4) is 0 Å². The van der Waals surface area contributed by atoms with Gasteiger partial charge in [0, 0.05) is 20.1 Å². The smallest absolute Gasteiger partial charge is 0.163 e. The second kappa shape index (κ2) is 6.44. The van der Waals surface area contributed by atoms with Gasteiger partial charge in [0.05, 0.1) is 24.8 Å². The molecule has 104 valence electrons. The fourth-order valence-corrected chi connectivity index (χ4v) is 1.69. The number of hydrogen-bond donors (Lipinski definition) is 1. The summed E-state index contributed by atoms with van der Waals surface area (Å²) in [7, 11) is 5.92. The molecule has 2 aromatic heterocycles. The lowest BCUT2D eigenvalue weighted by atomic mass is 10.4. The summed E-state index contributed by atoms with van der Waals surface area (Å²) < 4.78 is 7.25. The Kier molecular flexibility index (Phi) is 4.64. The Hall–Kier alpha value is -1.73. The third-order valence-corrected chi connectivity index (χ3v) is 2.75. The molecule has 7 heteroatoms. The monoisotopic (exact) mass is 264 g/mol. The van der Waals surface area contributed by atoms with Crippen LogP contribution in [0, 0.1) is 0 Å². The molecule has 0 amide bonds. The van der Waals surface area contributed by atoms with E-state index in [1.54, 1.807) is 17.2 Å². The molecule has 0 aromatic carbocycles. The second-order valence-corrected chi connectivity index (χ2v) is 4.57. The van der Waals surface area contributed by atoms with Crippen molar-refractivity contribution in [1.82, 2.24) is 24.6 Å². The number of anilines is 1. The van der Waals surface area contributed by atoms with Crippen molar-refractivity contribution in [2.75, 3.05) is 45.7 Å². The summed E-state index contributed by atoms with van der Waals surface area (Å²) in [6.45, 7) is 3.04. The molecule has 2 rings (SSSR count). The van der Waals surface area contributed by atoms with Gasteiger partial charge in [-0.05, 0) is 14.1 Å². The van der Waals surface area contributed by atoms with Crippen molar-refractivity contribution >= 4 is 16.9 Å². The molecule has 0 aliphatic rings. The maximum absolute atomic E-state index is 5.52. The van der Waals surface area contributed by atoms with E-state index in [-0.39, 0.29) is 0 Å². The molecular formula is C12H20N6O. The summed E-state index contributed by atoms with van der Waals surface area (Å²) in [5.41, 5.74) is 0.825. The zero-order valence-corrected chi connectivity index (χ0v) is 11.6. The molecule has 0 aliphatic carbocycles. The summed E-state index contributed by atoms with van der Waals surface area (Å²) in [5.74, 6) is 0.800. The molecule has 0 spiro atoms. The molecule has 0 fully saturated rings. The minimum Gasteiger partial charge on any atom is -0.378 e. The Morgan fingerprint density at radius 2 is 2.16 bits per heavy atom. The first-order valence-electron chi connectivity index (χ1n) is 6.27. The van der Waals surface area contributed by atoms with E-state index >= 15 is 0 Å². The summed E-state index contributed by atoms with van der Waals surface area (Å²) in [6, 6.07) is 0. The van der Waals surface area contributed by atoms with Gasteiger partial charge in [-0.2, -0.15) is 5.10 Å². The molecule has 2 heterocycles. The number of ether oxygens (including phenoxy) is 1. The van der Waals surface area contributed by atoms with Crippen LogP contribution in [0.3, 0.4) is 0 Å². The van der Waals surface area contributed by atoms with Crippen LogP contribution in [0.15, 0.2) is 12.5 Å². The largest absolute Gasteiger partial charge is 0.378 e. The zero-order valence-electron chi connectivity index (χ0n) is 11.6. The first-order chi connectivity index (χ1) is 9.18. The molecule has 0 atom stereocenters. The Balaban J connectivity index is 1.82. The van der Waals surface area contributed by atoms with E-state index in [2.05, 4.69) is 25.3 Å². The molecule has 19 heavy (non-hydrogen) atoms. The lowest BCUT2D eigenvalue weighted by Crippen LogP contribution is -2.20. The van der Waals surface area contributed by atoms with Gasteiger partial charge in [0.25, 0.3) is 0 Å². The van der Waals surface area contributed by atoms with E-state index in [4.69, 9.17) is 4.74 Å². The van der Waals surface area contributed by atoms with Gasteiger partial charge >= 0.3 is 0 Å². The molecular weight excluding hydrogens is 244 g/mol. The van der Waals surface area contributed by atoms with Crippen molar-refractivity contribution in [3.05, 3.63) is 12.5 Å². The molecule has 0 saturated heterocycles. The van der Waals surface area contributed by atoms with Gasteiger partial charge in [0.15, 0.2) is 5.65 Å². The number of hydrogen-bond acceptors (Lipinski definition) is 6. The summed E-state index contributed by atoms with van der Waals surface area (Å²) in [5, 5.41) is 8.35. The predicted molar refractivity (Wildman–Crippen MR) is 74.2 cm³/mol. The number of nitrogens with zero attached hydrogens (tertiary/aromatic N) is 5. The molecule has 0 aliphatic heterocycles. The number of rotatable bonds is 7. The quantitative estimate of drug-likeness (QED) is 0.728. The van der Waals surface area contributed by atoms with Crippen LogP contribution in [0.1, 0.15) is 0 Å². The van der Waals surface area contributed by atoms with E-state index in [0.717, 1.165) is 30.0 Å². The van der Waals surface area contributed by atoms with Crippen LogP contribution in [0.4, 0.5) is 5.82 Å². The molecule has 1 N–H and O–H groups in total. The van der Waals surface area contributed by atoms with Crippen LogP contribution >= 0.6 is 0 Å². The lowest BCUT2D eigenvalue weighted by molar-refractivity contribution is 0.126. The maximum atomic E-state index is 5.52. The topological polar surface area (TPSA) is 68.1 Å². The standard InChI is InChI=1S/C12H20N6O/c1-17(2)5-7-19-6-4-13-11-10-8-16-18(3)12(10)15-9-14-11/h8-9H,4-7H2,1-3H3,(H,13,14,15). The Labute approximate surface area is 112 Å². The van der Waals surface area contributed by atoms with Crippen LogP contribution in [0.2, 0.25) is 0 Å². The van der Waals surface area contributed by atoms with Crippen molar-refractivity contribution in [1.29, 1.82) is 0 Å². The Bertz CT molecular complexity index is 524. The fourth-order valence-electron chi connectivity index (χ4n) is 1.69. The summed E-state index contributed by atoms with van der Waals surface area (Å²) >= 11 is 0.